The predicted molar refractivity (Wildman–Crippen MR) is 47.5 cm³/mol. The minimum atomic E-state index is -0.345. The van der Waals surface area contributed by atoms with Crippen molar-refractivity contribution in [2.24, 2.45) is 5.92 Å². The van der Waals surface area contributed by atoms with Crippen molar-refractivity contribution in [1.29, 1.82) is 0 Å². The van der Waals surface area contributed by atoms with Gasteiger partial charge in [-0.2, -0.15) is 0 Å². The maximum Gasteiger partial charge on any atom is 0.0642 e. The molecule has 0 aromatic carbocycles. The third-order valence-corrected chi connectivity index (χ3v) is 3.03. The number of aliphatic hydroxyl groups is 1. The fourth-order valence-corrected chi connectivity index (χ4v) is 1.48. The molecule has 0 aromatic rings. The van der Waals surface area contributed by atoms with Crippen molar-refractivity contribution in [3.8, 4) is 0 Å². The Morgan fingerprint density at radius 1 is 1.27 bits per heavy atom. The zero-order valence-corrected chi connectivity index (χ0v) is 7.77. The third-order valence-electron chi connectivity index (χ3n) is 3.03. The standard InChI is InChI=1S/C10H20O/c1-3-10(11,4-2)8-7-9-5-6-9/h9,11H,3-8H2,1-2H3. The van der Waals surface area contributed by atoms with Crippen LogP contribution in [0.4, 0.5) is 0 Å². The summed E-state index contributed by atoms with van der Waals surface area (Å²) in [7, 11) is 0. The van der Waals surface area contributed by atoms with Gasteiger partial charge in [-0.25, -0.2) is 0 Å². The summed E-state index contributed by atoms with van der Waals surface area (Å²) in [5.41, 5.74) is -0.345. The van der Waals surface area contributed by atoms with Gasteiger partial charge in [-0.15, -0.1) is 0 Å². The molecular formula is C10H20O. The molecule has 0 radical (unpaired) electrons. The quantitative estimate of drug-likeness (QED) is 0.649. The molecule has 1 aliphatic rings. The average Bonchev–Trinajstić information content (AvgIpc) is 2.83. The molecule has 66 valence electrons. The average molecular weight is 156 g/mol. The highest BCUT2D eigenvalue weighted by molar-refractivity contribution is 4.80. The lowest BCUT2D eigenvalue weighted by atomic mass is 9.91. The van der Waals surface area contributed by atoms with Crippen LogP contribution < -0.4 is 0 Å². The van der Waals surface area contributed by atoms with Crippen LogP contribution in [0.15, 0.2) is 0 Å². The summed E-state index contributed by atoms with van der Waals surface area (Å²) in [4.78, 5) is 0. The first-order valence-corrected chi connectivity index (χ1v) is 4.92. The number of hydrogen-bond donors (Lipinski definition) is 1. The molecule has 0 aliphatic heterocycles. The van der Waals surface area contributed by atoms with Crippen LogP contribution in [-0.4, -0.2) is 10.7 Å². The monoisotopic (exact) mass is 156 g/mol. The maximum atomic E-state index is 9.91. The molecule has 1 aliphatic carbocycles. The van der Waals surface area contributed by atoms with Crippen LogP contribution in [0.3, 0.4) is 0 Å². The van der Waals surface area contributed by atoms with E-state index in [9.17, 15) is 5.11 Å². The van der Waals surface area contributed by atoms with Crippen molar-refractivity contribution in [3.63, 3.8) is 0 Å². The molecule has 0 amide bonds. The highest BCUT2D eigenvalue weighted by Gasteiger charge is 2.27. The van der Waals surface area contributed by atoms with E-state index < -0.39 is 0 Å². The van der Waals surface area contributed by atoms with E-state index in [0.29, 0.717) is 0 Å². The molecule has 0 aromatic heterocycles. The van der Waals surface area contributed by atoms with E-state index in [1.54, 1.807) is 0 Å². The van der Waals surface area contributed by atoms with Gasteiger partial charge in [0.1, 0.15) is 0 Å². The first-order chi connectivity index (χ1) is 5.20. The molecular weight excluding hydrogens is 136 g/mol. The third kappa shape index (κ3) is 2.82. The summed E-state index contributed by atoms with van der Waals surface area (Å²) in [6.07, 6.45) is 6.91. The highest BCUT2D eigenvalue weighted by Crippen LogP contribution is 2.36. The van der Waals surface area contributed by atoms with Gasteiger partial charge in [-0.1, -0.05) is 26.7 Å². The van der Waals surface area contributed by atoms with Crippen molar-refractivity contribution in [3.05, 3.63) is 0 Å². The van der Waals surface area contributed by atoms with E-state index in [2.05, 4.69) is 13.8 Å². The van der Waals surface area contributed by atoms with Gasteiger partial charge in [0.2, 0.25) is 0 Å². The largest absolute Gasteiger partial charge is 0.390 e. The van der Waals surface area contributed by atoms with Crippen LogP contribution in [0.2, 0.25) is 0 Å². The lowest BCUT2D eigenvalue weighted by molar-refractivity contribution is 0.0203. The van der Waals surface area contributed by atoms with Gasteiger partial charge in [0.15, 0.2) is 0 Å². The zero-order chi connectivity index (χ0) is 8.32. The van der Waals surface area contributed by atoms with Crippen LogP contribution in [0, 0.1) is 5.92 Å². The molecule has 1 heteroatoms. The predicted octanol–water partition coefficient (Wildman–Crippen LogP) is 2.73. The second kappa shape index (κ2) is 3.57. The summed E-state index contributed by atoms with van der Waals surface area (Å²) in [5.74, 6) is 0.958. The van der Waals surface area contributed by atoms with Gasteiger partial charge >= 0.3 is 0 Å². The Kier molecular flexibility index (Phi) is 2.94. The number of rotatable bonds is 5. The summed E-state index contributed by atoms with van der Waals surface area (Å²) in [6.45, 7) is 4.16. The summed E-state index contributed by atoms with van der Waals surface area (Å²) in [5, 5.41) is 9.91. The van der Waals surface area contributed by atoms with Crippen LogP contribution in [0.1, 0.15) is 52.4 Å². The van der Waals surface area contributed by atoms with Crippen LogP contribution >= 0.6 is 0 Å². The minimum absolute atomic E-state index is 0.345. The topological polar surface area (TPSA) is 20.2 Å². The first-order valence-electron chi connectivity index (χ1n) is 4.92. The molecule has 1 nitrogen and oxygen atoms in total. The smallest absolute Gasteiger partial charge is 0.0642 e. The van der Waals surface area contributed by atoms with Crippen LogP contribution in [0.25, 0.3) is 0 Å². The van der Waals surface area contributed by atoms with Gasteiger partial charge in [0.05, 0.1) is 5.60 Å². The summed E-state index contributed by atoms with van der Waals surface area (Å²) in [6, 6.07) is 0. The Labute approximate surface area is 69.8 Å². The Bertz CT molecular complexity index is 112. The van der Waals surface area contributed by atoms with Crippen molar-refractivity contribution < 1.29 is 5.11 Å². The second-order valence-electron chi connectivity index (χ2n) is 3.91. The lowest BCUT2D eigenvalue weighted by Crippen LogP contribution is -2.26. The van der Waals surface area contributed by atoms with Crippen LogP contribution in [-0.2, 0) is 0 Å². The zero-order valence-electron chi connectivity index (χ0n) is 7.77. The van der Waals surface area contributed by atoms with Crippen molar-refractivity contribution >= 4 is 0 Å². The summed E-state index contributed by atoms with van der Waals surface area (Å²) < 4.78 is 0. The van der Waals surface area contributed by atoms with Gasteiger partial charge in [0.25, 0.3) is 0 Å². The van der Waals surface area contributed by atoms with Gasteiger partial charge in [0, 0.05) is 0 Å². The van der Waals surface area contributed by atoms with Gasteiger partial charge in [-0.05, 0) is 31.6 Å². The fraction of sp³-hybridized carbons (Fsp3) is 1.00. The van der Waals surface area contributed by atoms with Crippen molar-refractivity contribution in [2.75, 3.05) is 0 Å². The SMILES string of the molecule is CCC(O)(CC)CCC1CC1. The van der Waals surface area contributed by atoms with Gasteiger partial charge in [-0.3, -0.25) is 0 Å². The van der Waals surface area contributed by atoms with E-state index in [-0.39, 0.29) is 5.60 Å². The molecule has 0 spiro atoms. The molecule has 0 heterocycles. The molecule has 0 atom stereocenters. The normalized spacial score (nSPS) is 18.8. The maximum absolute atomic E-state index is 9.91. The molecule has 0 saturated heterocycles. The van der Waals surface area contributed by atoms with E-state index in [4.69, 9.17) is 0 Å². The fourth-order valence-electron chi connectivity index (χ4n) is 1.48. The molecule has 1 rings (SSSR count). The first kappa shape index (κ1) is 9.05. The molecule has 0 bridgehead atoms. The van der Waals surface area contributed by atoms with E-state index in [0.717, 1.165) is 25.2 Å². The summed E-state index contributed by atoms with van der Waals surface area (Å²) >= 11 is 0. The highest BCUT2D eigenvalue weighted by atomic mass is 16.3. The molecule has 11 heavy (non-hydrogen) atoms. The minimum Gasteiger partial charge on any atom is -0.390 e. The molecule has 1 fully saturated rings. The van der Waals surface area contributed by atoms with E-state index in [1.165, 1.54) is 19.3 Å². The Hall–Kier alpha value is -0.0400. The lowest BCUT2D eigenvalue weighted by Gasteiger charge is -2.24. The Balaban J connectivity index is 2.18. The van der Waals surface area contributed by atoms with Gasteiger partial charge < -0.3 is 5.11 Å². The van der Waals surface area contributed by atoms with Crippen molar-refractivity contribution in [1.82, 2.24) is 0 Å². The second-order valence-corrected chi connectivity index (χ2v) is 3.91. The van der Waals surface area contributed by atoms with Crippen LogP contribution in [0.5, 0.6) is 0 Å². The van der Waals surface area contributed by atoms with E-state index in [1.807, 2.05) is 0 Å². The molecule has 1 saturated carbocycles. The Morgan fingerprint density at radius 2 is 1.82 bits per heavy atom. The van der Waals surface area contributed by atoms with E-state index >= 15 is 0 Å². The van der Waals surface area contributed by atoms with Crippen molar-refractivity contribution in [2.45, 2.75) is 58.0 Å². The molecule has 1 N–H and O–H groups in total. The molecule has 0 unspecified atom stereocenters. The Morgan fingerprint density at radius 3 is 2.18 bits per heavy atom. The number of hydrogen-bond acceptors (Lipinski definition) is 1.